The summed E-state index contributed by atoms with van der Waals surface area (Å²) in [6.07, 6.45) is 7.52. The summed E-state index contributed by atoms with van der Waals surface area (Å²) in [6.45, 7) is 9.58. The number of aromatic nitrogens is 2. The molecule has 0 aliphatic rings. The van der Waals surface area contributed by atoms with Crippen molar-refractivity contribution in [3.8, 4) is 0 Å². The molecule has 1 heterocycles. The van der Waals surface area contributed by atoms with Gasteiger partial charge >= 0.3 is 0 Å². The average molecular weight is 445 g/mol. The highest BCUT2D eigenvalue weighted by Gasteiger charge is 2.17. The van der Waals surface area contributed by atoms with E-state index in [1.54, 1.807) is 0 Å². The zero-order valence-corrected chi connectivity index (χ0v) is 19.9. The highest BCUT2D eigenvalue weighted by molar-refractivity contribution is 5.75. The van der Waals surface area contributed by atoms with Gasteiger partial charge in [-0.2, -0.15) is 0 Å². The van der Waals surface area contributed by atoms with E-state index < -0.39 is 6.29 Å². The minimum atomic E-state index is -0.792. The fraction of sp³-hybridized carbons (Fsp3) is 0.538. The molecule has 0 spiro atoms. The van der Waals surface area contributed by atoms with Crippen LogP contribution in [0.2, 0.25) is 0 Å². The van der Waals surface area contributed by atoms with E-state index in [1.165, 1.54) is 12.2 Å². The summed E-state index contributed by atoms with van der Waals surface area (Å²) in [5.74, 6) is -0.361. The molecule has 5 nitrogen and oxygen atoms in total. The quantitative estimate of drug-likeness (QED) is 0.257. The maximum Gasteiger partial charge on any atom is 0.155 e. The maximum absolute atomic E-state index is 13.8. The minimum absolute atomic E-state index is 0.0530. The normalized spacial score (nSPS) is 14.9. The van der Waals surface area contributed by atoms with Gasteiger partial charge in [-0.1, -0.05) is 26.0 Å². The first-order valence-corrected chi connectivity index (χ1v) is 11.4. The van der Waals surface area contributed by atoms with Gasteiger partial charge in [0.05, 0.1) is 34.6 Å². The fourth-order valence-electron chi connectivity index (χ4n) is 3.47. The summed E-state index contributed by atoms with van der Waals surface area (Å²) in [6, 6.07) is 5.54. The lowest BCUT2D eigenvalue weighted by Crippen LogP contribution is -2.27. The molecule has 0 amide bonds. The van der Waals surface area contributed by atoms with Gasteiger partial charge in [-0.25, -0.2) is 14.4 Å². The molecule has 2 unspecified atom stereocenters. The van der Waals surface area contributed by atoms with Gasteiger partial charge in [0.25, 0.3) is 0 Å². The number of benzene rings is 1. The molecule has 2 atom stereocenters. The van der Waals surface area contributed by atoms with Gasteiger partial charge in [-0.3, -0.25) is 0 Å². The molecule has 0 aliphatic carbocycles. The van der Waals surface area contributed by atoms with Crippen molar-refractivity contribution >= 4 is 11.0 Å². The van der Waals surface area contributed by atoms with Crippen molar-refractivity contribution in [2.75, 3.05) is 0 Å². The van der Waals surface area contributed by atoms with Gasteiger partial charge in [-0.15, -0.1) is 0 Å². The van der Waals surface area contributed by atoms with E-state index in [0.29, 0.717) is 19.3 Å². The molecule has 1 aromatic carbocycles. The molecule has 0 radical (unpaired) electrons. The Labute approximate surface area is 191 Å². The number of halogens is 1. The molecule has 2 N–H and O–H groups in total. The van der Waals surface area contributed by atoms with Crippen molar-refractivity contribution in [2.24, 2.45) is 0 Å². The lowest BCUT2D eigenvalue weighted by Gasteiger charge is -2.23. The molecule has 0 bridgehead atoms. The third-order valence-corrected chi connectivity index (χ3v) is 4.99. The summed E-state index contributed by atoms with van der Waals surface area (Å²) < 4.78 is 19.4. The second kappa shape index (κ2) is 12.2. The van der Waals surface area contributed by atoms with Crippen LogP contribution in [0.25, 0.3) is 11.0 Å². The van der Waals surface area contributed by atoms with Crippen LogP contribution in [-0.2, 0) is 17.8 Å². The molecule has 6 heteroatoms. The Morgan fingerprint density at radius 3 is 2.59 bits per heavy atom. The number of aliphatic hydroxyl groups is 2. The van der Waals surface area contributed by atoms with Gasteiger partial charge in [0.2, 0.25) is 0 Å². The highest BCUT2D eigenvalue weighted by Crippen LogP contribution is 2.25. The Hall–Kier alpha value is -2.15. The van der Waals surface area contributed by atoms with Crippen LogP contribution in [0.4, 0.5) is 4.39 Å². The Balaban J connectivity index is 2.21. The van der Waals surface area contributed by atoms with E-state index in [4.69, 9.17) is 14.7 Å². The minimum Gasteiger partial charge on any atom is -0.392 e. The second-order valence-corrected chi connectivity index (χ2v) is 9.11. The second-order valence-electron chi connectivity index (χ2n) is 9.11. The highest BCUT2D eigenvalue weighted by atomic mass is 19.1. The van der Waals surface area contributed by atoms with Gasteiger partial charge < -0.3 is 14.9 Å². The molecular formula is C26H37FN2O3. The number of fused-ring (bicyclic) bond motifs is 1. The van der Waals surface area contributed by atoms with Crippen LogP contribution in [0, 0.1) is 0 Å². The van der Waals surface area contributed by atoms with Crippen LogP contribution in [-0.4, -0.2) is 32.1 Å². The third-order valence-electron chi connectivity index (χ3n) is 4.99. The first-order valence-electron chi connectivity index (χ1n) is 11.4. The van der Waals surface area contributed by atoms with Crippen LogP contribution in [0.15, 0.2) is 42.3 Å². The van der Waals surface area contributed by atoms with Crippen molar-refractivity contribution in [1.29, 1.82) is 0 Å². The predicted octanol–water partition coefficient (Wildman–Crippen LogP) is 5.89. The van der Waals surface area contributed by atoms with E-state index >= 15 is 0 Å². The lowest BCUT2D eigenvalue weighted by atomic mass is 10.00. The molecule has 0 saturated heterocycles. The first kappa shape index (κ1) is 26.1. The number of aryl methyl sites for hydroxylation is 1. The molecule has 2 aromatic rings. The number of rotatable bonds is 11. The van der Waals surface area contributed by atoms with E-state index in [0.717, 1.165) is 40.8 Å². The fourth-order valence-corrected chi connectivity index (χ4v) is 3.47. The summed E-state index contributed by atoms with van der Waals surface area (Å²) in [5.41, 5.74) is 3.56. The van der Waals surface area contributed by atoms with Crippen molar-refractivity contribution in [3.63, 3.8) is 0 Å². The summed E-state index contributed by atoms with van der Waals surface area (Å²) in [4.78, 5) is 9.66. The van der Waals surface area contributed by atoms with Gasteiger partial charge in [0.1, 0.15) is 5.83 Å². The van der Waals surface area contributed by atoms with Crippen molar-refractivity contribution in [3.05, 3.63) is 59.2 Å². The Morgan fingerprint density at radius 2 is 1.94 bits per heavy atom. The molecule has 2 rings (SSSR count). The summed E-state index contributed by atoms with van der Waals surface area (Å²) in [5, 5.41) is 19.5. The monoisotopic (exact) mass is 444 g/mol. The van der Waals surface area contributed by atoms with Crippen molar-refractivity contribution < 1.29 is 19.3 Å². The Kier molecular flexibility index (Phi) is 9.94. The van der Waals surface area contributed by atoms with Crippen LogP contribution in [0.5, 0.6) is 0 Å². The molecule has 176 valence electrons. The first-order chi connectivity index (χ1) is 15.1. The van der Waals surface area contributed by atoms with Crippen LogP contribution in [0.1, 0.15) is 83.2 Å². The van der Waals surface area contributed by atoms with Crippen LogP contribution >= 0.6 is 0 Å². The van der Waals surface area contributed by atoms with Crippen LogP contribution in [0.3, 0.4) is 0 Å². The number of nitrogens with zero attached hydrogens (tertiary/aromatic N) is 2. The number of ether oxygens (including phenoxy) is 1. The maximum atomic E-state index is 13.8. The molecule has 0 aliphatic heterocycles. The van der Waals surface area contributed by atoms with Gasteiger partial charge in [0, 0.05) is 5.92 Å². The molecule has 0 saturated carbocycles. The zero-order chi connectivity index (χ0) is 23.7. The van der Waals surface area contributed by atoms with E-state index in [2.05, 4.69) is 0 Å². The Bertz CT molecular complexity index is 935. The summed E-state index contributed by atoms with van der Waals surface area (Å²) in [7, 11) is 0. The molecule has 1 aromatic heterocycles. The number of hydrogen-bond acceptors (Lipinski definition) is 5. The number of aliphatic hydroxyl groups excluding tert-OH is 2. The molecule has 32 heavy (non-hydrogen) atoms. The SMILES string of the molecule is CC/C=C(F)\C=C/C(C)c1nc2ccc(CO)cc2nc1CCCCC(O)OC(C)(C)C. The van der Waals surface area contributed by atoms with Gasteiger partial charge in [-0.05, 0) is 82.7 Å². The molecular weight excluding hydrogens is 407 g/mol. The molecule has 0 fully saturated rings. The standard InChI is InChI=1S/C26H37FN2O3/c1-6-9-20(27)14-12-18(2)25-22(10-7-8-11-24(31)32-26(3,4)5)28-23-16-19(17-30)13-15-21(23)29-25/h9,12-16,18,24,30-31H,6-8,10-11,17H2,1-5H3/b14-12-,20-9+. The van der Waals surface area contributed by atoms with E-state index in [-0.39, 0.29) is 24.0 Å². The van der Waals surface area contributed by atoms with E-state index in [9.17, 15) is 14.6 Å². The lowest BCUT2D eigenvalue weighted by molar-refractivity contribution is -0.168. The third kappa shape index (κ3) is 8.41. The topological polar surface area (TPSA) is 75.5 Å². The van der Waals surface area contributed by atoms with E-state index in [1.807, 2.05) is 58.9 Å². The smallest absolute Gasteiger partial charge is 0.155 e. The number of hydrogen-bond donors (Lipinski definition) is 2. The summed E-state index contributed by atoms with van der Waals surface area (Å²) >= 11 is 0. The van der Waals surface area contributed by atoms with Crippen molar-refractivity contribution in [2.45, 2.75) is 91.1 Å². The number of allylic oxidation sites excluding steroid dienone is 4. The zero-order valence-electron chi connectivity index (χ0n) is 19.9. The van der Waals surface area contributed by atoms with Crippen LogP contribution < -0.4 is 0 Å². The largest absolute Gasteiger partial charge is 0.392 e. The number of unbranched alkanes of at least 4 members (excludes halogenated alkanes) is 1. The predicted molar refractivity (Wildman–Crippen MR) is 127 cm³/mol. The average Bonchev–Trinajstić information content (AvgIpc) is 2.73. The Morgan fingerprint density at radius 1 is 1.19 bits per heavy atom. The van der Waals surface area contributed by atoms with Gasteiger partial charge in [0.15, 0.2) is 6.29 Å². The van der Waals surface area contributed by atoms with Crippen molar-refractivity contribution in [1.82, 2.24) is 9.97 Å².